The summed E-state index contributed by atoms with van der Waals surface area (Å²) in [7, 11) is -5.04. The Morgan fingerprint density at radius 3 is 1.68 bits per heavy atom. The highest BCUT2D eigenvalue weighted by Gasteiger charge is 2.36. The van der Waals surface area contributed by atoms with Gasteiger partial charge in [0.1, 0.15) is 55.1 Å². The van der Waals surface area contributed by atoms with Crippen molar-refractivity contribution in [3.63, 3.8) is 0 Å². The first kappa shape index (κ1) is 31.5. The number of rotatable bonds is 13. The van der Waals surface area contributed by atoms with Crippen LogP contribution in [0, 0.1) is 0 Å². The molecule has 0 aliphatic carbocycles. The van der Waals surface area contributed by atoms with Gasteiger partial charge in [0.2, 0.25) is 5.91 Å². The fourth-order valence-electron chi connectivity index (χ4n) is 1.84. The van der Waals surface area contributed by atoms with Crippen molar-refractivity contribution in [1.29, 1.82) is 0 Å². The van der Waals surface area contributed by atoms with Crippen molar-refractivity contribution >= 4 is 28.9 Å². The van der Waals surface area contributed by atoms with Crippen molar-refractivity contribution in [3.8, 4) is 0 Å². The Morgan fingerprint density at radius 1 is 0.903 bits per heavy atom. The second-order valence-electron chi connectivity index (χ2n) is 5.95. The molecule has 0 heterocycles. The molecule has 0 fully saturated rings. The highest BCUT2D eigenvalue weighted by atomic mass is 32.3. The number of nitrogens with one attached hydrogen (secondary N) is 1. The fraction of sp³-hybridized carbons (Fsp3) is 0.786. The minimum atomic E-state index is -5.04. The van der Waals surface area contributed by atoms with E-state index in [-0.39, 0.29) is 12.6 Å². The molecule has 31 heavy (non-hydrogen) atoms. The molecule has 8 atom stereocenters. The van der Waals surface area contributed by atoms with Crippen LogP contribution in [0.2, 0.25) is 0 Å². The Balaban J connectivity index is 0. The zero-order valence-corrected chi connectivity index (χ0v) is 16.9. The predicted molar refractivity (Wildman–Crippen MR) is 96.4 cm³/mol. The zero-order chi connectivity index (χ0) is 24.9. The molecule has 0 aliphatic heterocycles. The van der Waals surface area contributed by atoms with Crippen molar-refractivity contribution < 1.29 is 72.4 Å². The lowest BCUT2D eigenvalue weighted by atomic mass is 10.0. The van der Waals surface area contributed by atoms with E-state index in [4.69, 9.17) is 30.1 Å². The van der Waals surface area contributed by atoms with E-state index >= 15 is 0 Å². The van der Waals surface area contributed by atoms with Crippen LogP contribution in [0.4, 0.5) is 0 Å². The van der Waals surface area contributed by atoms with Crippen LogP contribution in [0.1, 0.15) is 6.92 Å². The van der Waals surface area contributed by atoms with Gasteiger partial charge in [0, 0.05) is 6.92 Å². The van der Waals surface area contributed by atoms with Crippen molar-refractivity contribution in [2.75, 3.05) is 13.2 Å². The van der Waals surface area contributed by atoms with E-state index in [1.165, 1.54) is 0 Å². The average Bonchev–Trinajstić information content (AvgIpc) is 2.71. The van der Waals surface area contributed by atoms with Crippen LogP contribution in [-0.2, 0) is 29.0 Å². The lowest BCUT2D eigenvalue weighted by Gasteiger charge is -2.25. The van der Waals surface area contributed by atoms with Gasteiger partial charge in [-0.05, 0) is 0 Å². The van der Waals surface area contributed by atoms with Crippen molar-refractivity contribution in [2.24, 2.45) is 0 Å². The van der Waals surface area contributed by atoms with Gasteiger partial charge in [-0.3, -0.25) is 9.35 Å². The molecule has 0 aromatic rings. The van der Waals surface area contributed by atoms with Gasteiger partial charge in [0.05, 0.1) is 13.2 Å². The largest absolute Gasteiger partial charge is 0.397 e. The van der Waals surface area contributed by atoms with E-state index in [0.717, 1.165) is 6.92 Å². The first-order valence-corrected chi connectivity index (χ1v) is 9.66. The highest BCUT2D eigenvalue weighted by molar-refractivity contribution is 7.80. The van der Waals surface area contributed by atoms with E-state index in [1.54, 1.807) is 0 Å². The molecule has 0 unspecified atom stereocenters. The van der Waals surface area contributed by atoms with Crippen LogP contribution in [0.25, 0.3) is 0 Å². The number of hydrogen-bond acceptors (Lipinski definition) is 14. The lowest BCUT2D eigenvalue weighted by Crippen LogP contribution is -2.53. The molecule has 0 aliphatic rings. The Morgan fingerprint density at radius 2 is 1.35 bits per heavy atom. The molecule has 0 saturated carbocycles. The summed E-state index contributed by atoms with van der Waals surface area (Å²) in [5.74, 6) is -0.558. The summed E-state index contributed by atoms with van der Waals surface area (Å²) in [6.07, 6.45) is -13.0. The monoisotopic (exact) mass is 481 g/mol. The minimum absolute atomic E-state index is 0.164. The first-order chi connectivity index (χ1) is 14.2. The van der Waals surface area contributed by atoms with E-state index in [2.05, 4.69) is 9.50 Å². The Kier molecular flexibility index (Phi) is 15.5. The third kappa shape index (κ3) is 12.7. The second-order valence-corrected chi connectivity index (χ2v) is 7.00. The zero-order valence-electron chi connectivity index (χ0n) is 16.1. The maximum absolute atomic E-state index is 10.6. The number of carbonyl (C=O) groups excluding carboxylic acids is 3. The number of aliphatic hydroxyl groups excluding tert-OH is 8. The topological polar surface area (TPSA) is 289 Å². The van der Waals surface area contributed by atoms with Gasteiger partial charge in [0.15, 0.2) is 6.29 Å². The molecular formula is C14H27NO15S. The van der Waals surface area contributed by atoms with Crippen LogP contribution >= 0.6 is 0 Å². The summed E-state index contributed by atoms with van der Waals surface area (Å²) < 4.78 is 32.8. The van der Waals surface area contributed by atoms with Gasteiger partial charge >= 0.3 is 10.4 Å². The van der Waals surface area contributed by atoms with Crippen LogP contribution in [0.3, 0.4) is 0 Å². The van der Waals surface area contributed by atoms with Crippen LogP contribution in [0.5, 0.6) is 0 Å². The molecule has 0 radical (unpaired) electrons. The SMILES string of the molecule is CC(=O)N[C@H](C=O)[C@@H](O)[C@H](O)[C@H](O)CO.O=C[C@@H](O)[C@@H](OS(=O)(=O)O)[C@H](O)[C@H](O)CO. The van der Waals surface area contributed by atoms with Gasteiger partial charge in [-0.25, -0.2) is 4.18 Å². The minimum Gasteiger partial charge on any atom is -0.394 e. The summed E-state index contributed by atoms with van der Waals surface area (Å²) in [4.78, 5) is 31.3. The summed E-state index contributed by atoms with van der Waals surface area (Å²) in [5.41, 5.74) is 0. The van der Waals surface area contributed by atoms with E-state index < -0.39 is 78.3 Å². The summed E-state index contributed by atoms with van der Waals surface area (Å²) in [6.45, 7) is -0.583. The molecular weight excluding hydrogens is 454 g/mol. The molecule has 16 nitrogen and oxygen atoms in total. The number of hydrogen-bond donors (Lipinski definition) is 10. The smallest absolute Gasteiger partial charge is 0.394 e. The maximum Gasteiger partial charge on any atom is 0.397 e. The number of amides is 1. The number of carbonyl (C=O) groups is 3. The summed E-state index contributed by atoms with van der Waals surface area (Å²) in [6, 6.07) is -1.32. The Bertz CT molecular complexity index is 644. The molecule has 0 spiro atoms. The van der Waals surface area contributed by atoms with Crippen molar-refractivity contribution in [2.45, 2.75) is 55.7 Å². The second kappa shape index (κ2) is 15.2. The van der Waals surface area contributed by atoms with Gasteiger partial charge in [-0.2, -0.15) is 8.42 Å². The van der Waals surface area contributed by atoms with E-state index in [1.807, 2.05) is 0 Å². The van der Waals surface area contributed by atoms with Crippen LogP contribution in [-0.4, -0.2) is 134 Å². The van der Waals surface area contributed by atoms with Crippen molar-refractivity contribution in [1.82, 2.24) is 5.32 Å². The van der Waals surface area contributed by atoms with Crippen LogP contribution < -0.4 is 5.32 Å². The van der Waals surface area contributed by atoms with E-state index in [0.29, 0.717) is 0 Å². The van der Waals surface area contributed by atoms with Gasteiger partial charge < -0.3 is 55.8 Å². The summed E-state index contributed by atoms with van der Waals surface area (Å²) in [5, 5.41) is 73.8. The fourth-order valence-corrected chi connectivity index (χ4v) is 2.35. The highest BCUT2D eigenvalue weighted by Crippen LogP contribution is 2.11. The molecule has 184 valence electrons. The third-order valence-electron chi connectivity index (χ3n) is 3.44. The third-order valence-corrected chi connectivity index (χ3v) is 3.91. The maximum atomic E-state index is 10.6. The van der Waals surface area contributed by atoms with E-state index in [9.17, 15) is 38.1 Å². The molecule has 1 amide bonds. The number of aldehydes is 2. The molecule has 10 N–H and O–H groups in total. The Hall–Kier alpha value is -1.64. The number of aliphatic hydroxyl groups is 8. The summed E-state index contributed by atoms with van der Waals surface area (Å²) >= 11 is 0. The molecule has 0 bridgehead atoms. The molecule has 0 saturated heterocycles. The molecule has 0 aromatic heterocycles. The van der Waals surface area contributed by atoms with Gasteiger partial charge in [-0.1, -0.05) is 0 Å². The lowest BCUT2D eigenvalue weighted by molar-refractivity contribution is -0.132. The van der Waals surface area contributed by atoms with Gasteiger partial charge in [0.25, 0.3) is 0 Å². The quantitative estimate of drug-likeness (QED) is 0.0863. The van der Waals surface area contributed by atoms with Gasteiger partial charge in [-0.15, -0.1) is 0 Å². The molecule has 0 rings (SSSR count). The first-order valence-electron chi connectivity index (χ1n) is 8.30. The molecule has 0 aromatic carbocycles. The molecule has 17 heteroatoms. The standard InChI is InChI=1S/C8H15NO6.C6H12O9S/c1-4(12)9-5(2-10)7(14)8(15)6(13)3-11;7-1-3(9)5(11)6(4(10)2-8)15-16(12,13)14/h2,5-8,11,13-15H,3H2,1H3,(H,9,12);2-7,9-11H,1H2,(H,12,13,14)/t5-,6-,7-,8-;3-,4-,5-,6-/m11/s1. The predicted octanol–water partition coefficient (Wildman–Crippen LogP) is -6.79. The van der Waals surface area contributed by atoms with Crippen molar-refractivity contribution in [3.05, 3.63) is 0 Å². The Labute approximate surface area is 176 Å². The normalized spacial score (nSPS) is 19.3. The van der Waals surface area contributed by atoms with Crippen LogP contribution in [0.15, 0.2) is 0 Å². The average molecular weight is 481 g/mol.